The van der Waals surface area contributed by atoms with Crippen molar-refractivity contribution in [1.29, 1.82) is 0 Å². The Morgan fingerprint density at radius 3 is 2.33 bits per heavy atom. The van der Waals surface area contributed by atoms with Gasteiger partial charge < -0.3 is 5.73 Å². The normalized spacial score (nSPS) is 35.0. The average molecular weight is 252 g/mol. The molecule has 2 saturated carbocycles. The summed E-state index contributed by atoms with van der Waals surface area (Å²) in [5, 5.41) is 0. The van der Waals surface area contributed by atoms with Gasteiger partial charge in [-0.15, -0.1) is 0 Å². The van der Waals surface area contributed by atoms with Crippen molar-refractivity contribution in [2.24, 2.45) is 23.5 Å². The monoisotopic (exact) mass is 252 g/mol. The van der Waals surface area contributed by atoms with E-state index in [2.05, 4.69) is 25.7 Å². The summed E-state index contributed by atoms with van der Waals surface area (Å²) in [7, 11) is 0. The van der Waals surface area contributed by atoms with Crippen molar-refractivity contribution in [1.82, 2.24) is 4.90 Å². The number of fused-ring (bicyclic) bond motifs is 2. The van der Waals surface area contributed by atoms with Crippen molar-refractivity contribution < 1.29 is 0 Å². The van der Waals surface area contributed by atoms with E-state index in [4.69, 9.17) is 5.73 Å². The Kier molecular flexibility index (Phi) is 4.71. The highest BCUT2D eigenvalue weighted by Gasteiger charge is 2.52. The van der Waals surface area contributed by atoms with Gasteiger partial charge in [-0.25, -0.2) is 0 Å². The molecule has 0 aliphatic heterocycles. The SMILES string of the molecule is CCC(CC)CN(CC)C1(CN)CC2CCC1C2. The Morgan fingerprint density at radius 1 is 1.22 bits per heavy atom. The number of rotatable bonds is 7. The zero-order valence-electron chi connectivity index (χ0n) is 12.6. The Labute approximate surface area is 113 Å². The first kappa shape index (κ1) is 14.3. The first-order chi connectivity index (χ1) is 8.70. The van der Waals surface area contributed by atoms with Gasteiger partial charge in [0.1, 0.15) is 0 Å². The zero-order chi connectivity index (χ0) is 13.2. The van der Waals surface area contributed by atoms with Gasteiger partial charge in [0.2, 0.25) is 0 Å². The molecule has 2 rings (SSSR count). The van der Waals surface area contributed by atoms with Crippen molar-refractivity contribution in [3.63, 3.8) is 0 Å². The van der Waals surface area contributed by atoms with Gasteiger partial charge in [-0.2, -0.15) is 0 Å². The Balaban J connectivity index is 2.09. The molecule has 0 saturated heterocycles. The largest absolute Gasteiger partial charge is 0.329 e. The van der Waals surface area contributed by atoms with Gasteiger partial charge in [-0.05, 0) is 43.6 Å². The van der Waals surface area contributed by atoms with Crippen molar-refractivity contribution >= 4 is 0 Å². The number of hydrogen-bond acceptors (Lipinski definition) is 2. The maximum Gasteiger partial charge on any atom is 0.0362 e. The van der Waals surface area contributed by atoms with Gasteiger partial charge in [-0.3, -0.25) is 4.90 Å². The van der Waals surface area contributed by atoms with Crippen LogP contribution in [0.1, 0.15) is 59.3 Å². The first-order valence-corrected chi connectivity index (χ1v) is 8.15. The third kappa shape index (κ3) is 2.34. The van der Waals surface area contributed by atoms with Crippen LogP contribution in [0.2, 0.25) is 0 Å². The number of nitrogens with zero attached hydrogens (tertiary/aromatic N) is 1. The fourth-order valence-electron chi connectivity index (χ4n) is 4.67. The topological polar surface area (TPSA) is 29.3 Å². The summed E-state index contributed by atoms with van der Waals surface area (Å²) < 4.78 is 0. The van der Waals surface area contributed by atoms with Gasteiger partial charge >= 0.3 is 0 Å². The van der Waals surface area contributed by atoms with Crippen LogP contribution >= 0.6 is 0 Å². The summed E-state index contributed by atoms with van der Waals surface area (Å²) in [5.41, 5.74) is 6.61. The third-order valence-electron chi connectivity index (χ3n) is 5.94. The molecule has 3 atom stereocenters. The summed E-state index contributed by atoms with van der Waals surface area (Å²) in [5.74, 6) is 2.73. The smallest absolute Gasteiger partial charge is 0.0362 e. The maximum absolute atomic E-state index is 6.25. The lowest BCUT2D eigenvalue weighted by atomic mass is 9.78. The molecule has 106 valence electrons. The number of hydrogen-bond donors (Lipinski definition) is 1. The lowest BCUT2D eigenvalue weighted by Gasteiger charge is -2.47. The van der Waals surface area contributed by atoms with E-state index < -0.39 is 0 Å². The Morgan fingerprint density at radius 2 is 1.94 bits per heavy atom. The van der Waals surface area contributed by atoms with Crippen LogP contribution < -0.4 is 5.73 Å². The second-order valence-electron chi connectivity index (χ2n) is 6.61. The van der Waals surface area contributed by atoms with Crippen molar-refractivity contribution in [3.8, 4) is 0 Å². The quantitative estimate of drug-likeness (QED) is 0.753. The highest BCUT2D eigenvalue weighted by molar-refractivity contribution is 5.08. The Bertz CT molecular complexity index is 262. The van der Waals surface area contributed by atoms with E-state index >= 15 is 0 Å². The maximum atomic E-state index is 6.25. The first-order valence-electron chi connectivity index (χ1n) is 8.15. The summed E-state index contributed by atoms with van der Waals surface area (Å²) in [6.07, 6.45) is 8.35. The lowest BCUT2D eigenvalue weighted by Crippen LogP contribution is -2.58. The number of likely N-dealkylation sites (N-methyl/N-ethyl adjacent to an activating group) is 1. The minimum atomic E-state index is 0.361. The molecule has 2 fully saturated rings. The summed E-state index contributed by atoms with van der Waals surface area (Å²) in [6, 6.07) is 0. The second kappa shape index (κ2) is 5.92. The van der Waals surface area contributed by atoms with Crippen molar-refractivity contribution in [3.05, 3.63) is 0 Å². The molecule has 2 aliphatic carbocycles. The predicted octanol–water partition coefficient (Wildman–Crippen LogP) is 3.26. The molecule has 0 spiro atoms. The molecule has 3 unspecified atom stereocenters. The highest BCUT2D eigenvalue weighted by atomic mass is 15.2. The van der Waals surface area contributed by atoms with Gasteiger partial charge in [0.25, 0.3) is 0 Å². The van der Waals surface area contributed by atoms with Gasteiger partial charge in [-0.1, -0.05) is 40.0 Å². The van der Waals surface area contributed by atoms with Crippen LogP contribution in [0.3, 0.4) is 0 Å². The van der Waals surface area contributed by atoms with Crippen LogP contribution in [0, 0.1) is 17.8 Å². The molecule has 0 aromatic heterocycles. The van der Waals surface area contributed by atoms with Crippen LogP contribution in [0.15, 0.2) is 0 Å². The summed E-state index contributed by atoms with van der Waals surface area (Å²) in [6.45, 7) is 10.3. The van der Waals surface area contributed by atoms with Crippen molar-refractivity contribution in [2.75, 3.05) is 19.6 Å². The van der Waals surface area contributed by atoms with Crippen LogP contribution in [-0.4, -0.2) is 30.1 Å². The molecule has 2 heteroatoms. The highest BCUT2D eigenvalue weighted by Crippen LogP contribution is 2.53. The average Bonchev–Trinajstić information content (AvgIpc) is 3.01. The van der Waals surface area contributed by atoms with E-state index in [1.807, 2.05) is 0 Å². The molecule has 0 amide bonds. The summed E-state index contributed by atoms with van der Waals surface area (Å²) >= 11 is 0. The van der Waals surface area contributed by atoms with E-state index in [9.17, 15) is 0 Å². The van der Waals surface area contributed by atoms with Crippen LogP contribution in [-0.2, 0) is 0 Å². The van der Waals surface area contributed by atoms with E-state index in [0.29, 0.717) is 5.54 Å². The minimum absolute atomic E-state index is 0.361. The zero-order valence-corrected chi connectivity index (χ0v) is 12.6. The molecule has 0 heterocycles. The molecule has 2 nitrogen and oxygen atoms in total. The van der Waals surface area contributed by atoms with Gasteiger partial charge in [0, 0.05) is 18.6 Å². The fraction of sp³-hybridized carbons (Fsp3) is 1.00. The molecule has 0 radical (unpaired) electrons. The van der Waals surface area contributed by atoms with E-state index in [-0.39, 0.29) is 0 Å². The third-order valence-corrected chi connectivity index (χ3v) is 5.94. The standard InChI is InChI=1S/C16H32N2/c1-4-13(5-2)11-18(6-3)16(12-17)10-14-7-8-15(16)9-14/h13-15H,4-12,17H2,1-3H3. The number of nitrogens with two attached hydrogens (primary N) is 1. The second-order valence-corrected chi connectivity index (χ2v) is 6.61. The lowest BCUT2D eigenvalue weighted by molar-refractivity contribution is 0.0315. The molecule has 2 aliphatic rings. The van der Waals surface area contributed by atoms with Crippen LogP contribution in [0.25, 0.3) is 0 Å². The molecule has 0 aromatic rings. The summed E-state index contributed by atoms with van der Waals surface area (Å²) in [4.78, 5) is 2.76. The van der Waals surface area contributed by atoms with Crippen molar-refractivity contribution in [2.45, 2.75) is 64.8 Å². The fourth-order valence-corrected chi connectivity index (χ4v) is 4.67. The van der Waals surface area contributed by atoms with Crippen LogP contribution in [0.5, 0.6) is 0 Å². The molecular formula is C16H32N2. The van der Waals surface area contributed by atoms with E-state index in [1.165, 1.54) is 51.6 Å². The molecule has 0 aromatic carbocycles. The van der Waals surface area contributed by atoms with Gasteiger partial charge in [0.15, 0.2) is 0 Å². The van der Waals surface area contributed by atoms with Crippen LogP contribution in [0.4, 0.5) is 0 Å². The Hall–Kier alpha value is -0.0800. The molecule has 2 N–H and O–H groups in total. The molecule has 18 heavy (non-hydrogen) atoms. The van der Waals surface area contributed by atoms with Gasteiger partial charge in [0.05, 0.1) is 0 Å². The molecular weight excluding hydrogens is 220 g/mol. The van der Waals surface area contributed by atoms with E-state index in [1.54, 1.807) is 0 Å². The minimum Gasteiger partial charge on any atom is -0.329 e. The molecule has 2 bridgehead atoms. The predicted molar refractivity (Wildman–Crippen MR) is 78.6 cm³/mol. The van der Waals surface area contributed by atoms with E-state index in [0.717, 1.165) is 24.3 Å².